The first kappa shape index (κ1) is 39.2. The summed E-state index contributed by atoms with van der Waals surface area (Å²) in [5, 5.41) is 16.0. The minimum Gasteiger partial charge on any atom is -0.0623 e. The Hall–Kier alpha value is -7.63. The molecule has 0 spiro atoms. The van der Waals surface area contributed by atoms with Crippen LogP contribution >= 0.6 is 0 Å². The number of benzene rings is 11. The van der Waals surface area contributed by atoms with Gasteiger partial charge in [0.15, 0.2) is 16.1 Å². The third-order valence-corrected chi connectivity index (χ3v) is 22.9. The molecule has 0 aliphatic rings. The van der Waals surface area contributed by atoms with Gasteiger partial charge in [0, 0.05) is 0 Å². The highest BCUT2D eigenvalue weighted by Gasteiger charge is 2.43. The SMILES string of the molecule is c1ccc(-c2c3ccc([Si](c4ccccc4)(c4ccccc4)c4ccccc4)cc3c(-c3ccccc3)c3ccc([Si](c4ccccc4)(c4ccccc4)c4ccccc4)cc23)cc1. The molecule has 11 rings (SSSR count). The van der Waals surface area contributed by atoms with E-state index in [1.54, 1.807) is 0 Å². The summed E-state index contributed by atoms with van der Waals surface area (Å²) in [5.74, 6) is 0. The molecule has 0 nitrogen and oxygen atoms in total. The Bertz CT molecular complexity index is 2900. The van der Waals surface area contributed by atoms with Gasteiger partial charge in [-0.3, -0.25) is 0 Å². The predicted molar refractivity (Wildman–Crippen MR) is 280 cm³/mol. The molecule has 0 bridgehead atoms. The summed E-state index contributed by atoms with van der Waals surface area (Å²) < 4.78 is 0. The minimum atomic E-state index is -2.85. The highest BCUT2D eigenvalue weighted by Crippen LogP contribution is 2.43. The maximum atomic E-state index is 2.58. The minimum absolute atomic E-state index is 1.21. The van der Waals surface area contributed by atoms with E-state index >= 15 is 0 Å². The van der Waals surface area contributed by atoms with E-state index in [2.05, 4.69) is 279 Å². The highest BCUT2D eigenvalue weighted by molar-refractivity contribution is 7.20. The lowest BCUT2D eigenvalue weighted by Crippen LogP contribution is -2.74. The summed E-state index contributed by atoms with van der Waals surface area (Å²) in [7, 11) is -5.69. The molecule has 0 unspecified atom stereocenters. The third-order valence-electron chi connectivity index (χ3n) is 13.3. The summed E-state index contributed by atoms with van der Waals surface area (Å²) in [5.41, 5.74) is 4.96. The van der Waals surface area contributed by atoms with E-state index < -0.39 is 16.1 Å². The smallest absolute Gasteiger partial charge is 0.0623 e. The van der Waals surface area contributed by atoms with Gasteiger partial charge < -0.3 is 0 Å². The molecule has 0 radical (unpaired) electrons. The fourth-order valence-corrected chi connectivity index (χ4v) is 20.2. The standard InChI is InChI=1S/C62H46Si2/c1-9-25-47(26-10-1)61-57-43-41-56(64(52-35-19-6-20-36-52,53-37-21-7-22-38-53)54-39-23-8-24-40-54)46-60(57)62(48-27-11-2-12-28-48)58-44-42-55(45-59(58)61)63(49-29-13-3-14-30-49,50-31-15-4-16-32-50)51-33-17-5-18-34-51/h1-46H. The Balaban J connectivity index is 1.30. The molecule has 0 aliphatic carbocycles. The van der Waals surface area contributed by atoms with Crippen molar-refractivity contribution in [3.05, 3.63) is 279 Å². The van der Waals surface area contributed by atoms with Crippen LogP contribution in [0.3, 0.4) is 0 Å². The normalized spacial score (nSPS) is 11.8. The van der Waals surface area contributed by atoms with Crippen molar-refractivity contribution in [1.82, 2.24) is 0 Å². The molecule has 0 saturated heterocycles. The van der Waals surface area contributed by atoms with E-state index in [1.165, 1.54) is 85.3 Å². The molecular formula is C62H46Si2. The second-order valence-corrected chi connectivity index (χ2v) is 24.3. The monoisotopic (exact) mass is 846 g/mol. The summed E-state index contributed by atoms with van der Waals surface area (Å²) in [6, 6.07) is 105. The molecule has 2 heteroatoms. The van der Waals surface area contributed by atoms with Gasteiger partial charge in [-0.15, -0.1) is 0 Å². The van der Waals surface area contributed by atoms with Gasteiger partial charge in [0.05, 0.1) is 0 Å². The average molecular weight is 847 g/mol. The second kappa shape index (κ2) is 16.9. The molecule has 0 aliphatic heterocycles. The zero-order valence-corrected chi connectivity index (χ0v) is 37.6. The topological polar surface area (TPSA) is 0 Å². The molecule has 11 aromatic carbocycles. The van der Waals surface area contributed by atoms with Crippen LogP contribution in [0.2, 0.25) is 0 Å². The van der Waals surface area contributed by atoms with Crippen LogP contribution in [0.1, 0.15) is 0 Å². The molecular weight excluding hydrogens is 801 g/mol. The highest BCUT2D eigenvalue weighted by atomic mass is 28.3. The van der Waals surface area contributed by atoms with Crippen LogP contribution in [0, 0.1) is 0 Å². The van der Waals surface area contributed by atoms with Gasteiger partial charge in [0.2, 0.25) is 0 Å². The molecule has 0 heterocycles. The van der Waals surface area contributed by atoms with Crippen molar-refractivity contribution in [2.24, 2.45) is 0 Å². The number of hydrogen-bond donors (Lipinski definition) is 0. The first-order valence-electron chi connectivity index (χ1n) is 22.3. The quantitative estimate of drug-likeness (QED) is 0.0731. The molecule has 0 atom stereocenters. The zero-order chi connectivity index (χ0) is 42.8. The van der Waals surface area contributed by atoms with Gasteiger partial charge in [-0.05, 0) is 85.3 Å². The lowest BCUT2D eigenvalue weighted by molar-refractivity contribution is 1.64. The lowest BCUT2D eigenvalue weighted by Gasteiger charge is -2.35. The Labute approximate surface area is 378 Å². The summed E-state index contributed by atoms with van der Waals surface area (Å²) in [4.78, 5) is 0. The fourth-order valence-electron chi connectivity index (χ4n) is 10.7. The molecule has 0 fully saturated rings. The van der Waals surface area contributed by atoms with Crippen LogP contribution in [0.25, 0.3) is 43.8 Å². The van der Waals surface area contributed by atoms with Gasteiger partial charge in [0.1, 0.15) is 0 Å². The lowest BCUT2D eigenvalue weighted by atomic mass is 9.86. The third kappa shape index (κ3) is 6.50. The fraction of sp³-hybridized carbons (Fsp3) is 0. The molecule has 64 heavy (non-hydrogen) atoms. The van der Waals surface area contributed by atoms with Crippen molar-refractivity contribution in [1.29, 1.82) is 0 Å². The van der Waals surface area contributed by atoms with Crippen molar-refractivity contribution in [3.63, 3.8) is 0 Å². The van der Waals surface area contributed by atoms with Gasteiger partial charge in [0.25, 0.3) is 0 Å². The summed E-state index contributed by atoms with van der Waals surface area (Å²) in [6.07, 6.45) is 0. The maximum Gasteiger partial charge on any atom is 0.179 e. The second-order valence-electron chi connectivity index (χ2n) is 16.7. The Morgan fingerprint density at radius 3 is 0.625 bits per heavy atom. The first-order valence-corrected chi connectivity index (χ1v) is 26.3. The van der Waals surface area contributed by atoms with Crippen LogP contribution in [-0.4, -0.2) is 16.1 Å². The van der Waals surface area contributed by atoms with Crippen molar-refractivity contribution in [2.45, 2.75) is 0 Å². The van der Waals surface area contributed by atoms with E-state index in [0.29, 0.717) is 0 Å². The van der Waals surface area contributed by atoms with Crippen LogP contribution in [-0.2, 0) is 0 Å². The van der Waals surface area contributed by atoms with Crippen LogP contribution in [0.5, 0.6) is 0 Å². The molecule has 11 aromatic rings. The van der Waals surface area contributed by atoms with Crippen molar-refractivity contribution in [3.8, 4) is 22.3 Å². The maximum absolute atomic E-state index is 2.85. The van der Waals surface area contributed by atoms with Crippen molar-refractivity contribution < 1.29 is 0 Å². The molecule has 0 aromatic heterocycles. The van der Waals surface area contributed by atoms with Gasteiger partial charge >= 0.3 is 0 Å². The van der Waals surface area contributed by atoms with Gasteiger partial charge in [-0.2, -0.15) is 0 Å². The number of fused-ring (bicyclic) bond motifs is 2. The van der Waals surface area contributed by atoms with Crippen molar-refractivity contribution >= 4 is 79.2 Å². The average Bonchev–Trinajstić information content (AvgIpc) is 3.38. The van der Waals surface area contributed by atoms with Gasteiger partial charge in [-0.25, -0.2) is 0 Å². The van der Waals surface area contributed by atoms with Gasteiger partial charge in [-0.1, -0.05) is 279 Å². The largest absolute Gasteiger partial charge is 0.179 e. The zero-order valence-electron chi connectivity index (χ0n) is 35.6. The Kier molecular flexibility index (Phi) is 10.4. The van der Waals surface area contributed by atoms with Crippen LogP contribution in [0.4, 0.5) is 0 Å². The van der Waals surface area contributed by atoms with E-state index in [4.69, 9.17) is 0 Å². The molecule has 0 amide bonds. The van der Waals surface area contributed by atoms with E-state index in [-0.39, 0.29) is 0 Å². The molecule has 302 valence electrons. The summed E-state index contributed by atoms with van der Waals surface area (Å²) >= 11 is 0. The molecule has 0 N–H and O–H groups in total. The number of rotatable bonds is 10. The van der Waals surface area contributed by atoms with E-state index in [1.807, 2.05) is 0 Å². The van der Waals surface area contributed by atoms with E-state index in [9.17, 15) is 0 Å². The number of hydrogen-bond acceptors (Lipinski definition) is 0. The first-order chi connectivity index (χ1) is 31.8. The van der Waals surface area contributed by atoms with E-state index in [0.717, 1.165) is 0 Å². The van der Waals surface area contributed by atoms with Crippen LogP contribution < -0.4 is 41.5 Å². The molecule has 0 saturated carbocycles. The Morgan fingerprint density at radius 2 is 0.391 bits per heavy atom. The van der Waals surface area contributed by atoms with Crippen molar-refractivity contribution in [2.75, 3.05) is 0 Å². The summed E-state index contributed by atoms with van der Waals surface area (Å²) in [6.45, 7) is 0. The van der Waals surface area contributed by atoms with Crippen LogP contribution in [0.15, 0.2) is 279 Å². The predicted octanol–water partition coefficient (Wildman–Crippen LogP) is 10.1. The Morgan fingerprint density at radius 1 is 0.172 bits per heavy atom.